The highest BCUT2D eigenvalue weighted by atomic mass is 35.5. The molecule has 4 atom stereocenters. The molecule has 1 fully saturated rings. The van der Waals surface area contributed by atoms with Crippen molar-refractivity contribution >= 4 is 17.3 Å². The molecule has 0 aromatic heterocycles. The van der Waals surface area contributed by atoms with E-state index in [2.05, 4.69) is 56.1 Å². The molecule has 1 aliphatic rings. The summed E-state index contributed by atoms with van der Waals surface area (Å²) in [7, 11) is 1.97. The van der Waals surface area contributed by atoms with E-state index in [1.54, 1.807) is 0 Å². The Morgan fingerprint density at radius 2 is 2.00 bits per heavy atom. The van der Waals surface area contributed by atoms with E-state index >= 15 is 0 Å². The highest BCUT2D eigenvalue weighted by Gasteiger charge is 2.29. The number of halogens is 1. The third-order valence-electron chi connectivity index (χ3n) is 4.81. The zero-order chi connectivity index (χ0) is 14.9. The van der Waals surface area contributed by atoms with E-state index in [-0.39, 0.29) is 0 Å². The molecule has 0 bridgehead atoms. The van der Waals surface area contributed by atoms with Crippen molar-refractivity contribution in [3.63, 3.8) is 0 Å². The van der Waals surface area contributed by atoms with Crippen LogP contribution in [0, 0.1) is 11.8 Å². The molecule has 4 unspecified atom stereocenters. The van der Waals surface area contributed by atoms with Gasteiger partial charge in [0.15, 0.2) is 0 Å². The average Bonchev–Trinajstić information content (AvgIpc) is 2.42. The van der Waals surface area contributed by atoms with Crippen molar-refractivity contribution in [3.8, 4) is 0 Å². The molecule has 20 heavy (non-hydrogen) atoms. The Balaban J connectivity index is 2.28. The summed E-state index contributed by atoms with van der Waals surface area (Å²) in [5, 5.41) is 4.13. The first-order valence-corrected chi connectivity index (χ1v) is 8.05. The van der Waals surface area contributed by atoms with Crippen LogP contribution in [0.3, 0.4) is 0 Å². The van der Waals surface area contributed by atoms with Crippen LogP contribution in [0.25, 0.3) is 0 Å². The third-order valence-corrected chi connectivity index (χ3v) is 5.11. The molecule has 1 aliphatic heterocycles. The molecule has 2 rings (SSSR count). The lowest BCUT2D eigenvalue weighted by atomic mass is 9.85. The maximum atomic E-state index is 6.56. The van der Waals surface area contributed by atoms with Crippen molar-refractivity contribution in [2.24, 2.45) is 11.8 Å². The van der Waals surface area contributed by atoms with E-state index in [1.807, 2.05) is 7.05 Å². The van der Waals surface area contributed by atoms with Gasteiger partial charge < -0.3 is 10.2 Å². The molecule has 1 saturated heterocycles. The van der Waals surface area contributed by atoms with Crippen LogP contribution in [-0.2, 0) is 0 Å². The lowest BCUT2D eigenvalue weighted by Gasteiger charge is -2.43. The van der Waals surface area contributed by atoms with Crippen molar-refractivity contribution in [1.82, 2.24) is 5.32 Å². The molecule has 1 aromatic carbocycles. The van der Waals surface area contributed by atoms with E-state index in [0.717, 1.165) is 17.5 Å². The monoisotopic (exact) mass is 294 g/mol. The van der Waals surface area contributed by atoms with Gasteiger partial charge in [0.2, 0.25) is 0 Å². The molecular formula is C17H27ClN2. The van der Waals surface area contributed by atoms with Crippen molar-refractivity contribution in [2.75, 3.05) is 18.5 Å². The SMILES string of the molecule is CNC(C)c1ccc(N2CC(C)CC(C)C2C)c(Cl)c1. The van der Waals surface area contributed by atoms with Crippen LogP contribution >= 0.6 is 11.6 Å². The molecule has 1 aromatic rings. The van der Waals surface area contributed by atoms with Crippen molar-refractivity contribution in [1.29, 1.82) is 0 Å². The maximum absolute atomic E-state index is 6.56. The molecule has 0 radical (unpaired) electrons. The molecule has 1 N–H and O–H groups in total. The van der Waals surface area contributed by atoms with E-state index in [1.165, 1.54) is 17.7 Å². The van der Waals surface area contributed by atoms with Gasteiger partial charge in [0, 0.05) is 18.6 Å². The minimum Gasteiger partial charge on any atom is -0.367 e. The largest absolute Gasteiger partial charge is 0.367 e. The highest BCUT2D eigenvalue weighted by molar-refractivity contribution is 6.33. The Hall–Kier alpha value is -0.730. The average molecular weight is 295 g/mol. The summed E-state index contributed by atoms with van der Waals surface area (Å²) in [5.41, 5.74) is 2.43. The zero-order valence-electron chi connectivity index (χ0n) is 13.3. The Labute approximate surface area is 128 Å². The quantitative estimate of drug-likeness (QED) is 0.883. The fourth-order valence-electron chi connectivity index (χ4n) is 3.23. The number of nitrogens with one attached hydrogen (secondary N) is 1. The van der Waals surface area contributed by atoms with E-state index in [0.29, 0.717) is 18.0 Å². The summed E-state index contributed by atoms with van der Waals surface area (Å²) in [4.78, 5) is 2.48. The van der Waals surface area contributed by atoms with Crippen LogP contribution in [0.5, 0.6) is 0 Å². The molecular weight excluding hydrogens is 268 g/mol. The van der Waals surface area contributed by atoms with Crippen molar-refractivity contribution in [2.45, 2.75) is 46.2 Å². The molecule has 0 aliphatic carbocycles. The molecule has 0 spiro atoms. The number of rotatable bonds is 3. The molecule has 0 amide bonds. The van der Waals surface area contributed by atoms with Crippen LogP contribution < -0.4 is 10.2 Å². The standard InChI is InChI=1S/C17H27ClN2/c1-11-8-12(2)14(4)20(10-11)17-7-6-15(9-16(17)18)13(3)19-5/h6-7,9,11-14,19H,8,10H2,1-5H3. The fraction of sp³-hybridized carbons (Fsp3) is 0.647. The first-order chi connectivity index (χ1) is 9.43. The molecule has 112 valence electrons. The molecule has 0 saturated carbocycles. The van der Waals surface area contributed by atoms with Gasteiger partial charge >= 0.3 is 0 Å². The lowest BCUT2D eigenvalue weighted by Crippen LogP contribution is -2.46. The highest BCUT2D eigenvalue weighted by Crippen LogP contribution is 2.36. The minimum atomic E-state index is 0.332. The topological polar surface area (TPSA) is 15.3 Å². The minimum absolute atomic E-state index is 0.332. The fourth-order valence-corrected chi connectivity index (χ4v) is 3.52. The van der Waals surface area contributed by atoms with Crippen LogP contribution in [0.4, 0.5) is 5.69 Å². The van der Waals surface area contributed by atoms with Crippen molar-refractivity contribution in [3.05, 3.63) is 28.8 Å². The molecule has 3 heteroatoms. The second-order valence-corrected chi connectivity index (χ2v) is 6.84. The smallest absolute Gasteiger partial charge is 0.0642 e. The predicted molar refractivity (Wildman–Crippen MR) is 88.7 cm³/mol. The van der Waals surface area contributed by atoms with E-state index < -0.39 is 0 Å². The Bertz CT molecular complexity index is 460. The maximum Gasteiger partial charge on any atom is 0.0642 e. The summed E-state index contributed by atoms with van der Waals surface area (Å²) in [6.45, 7) is 10.3. The molecule has 2 nitrogen and oxygen atoms in total. The van der Waals surface area contributed by atoms with Gasteiger partial charge in [-0.1, -0.05) is 31.5 Å². The number of hydrogen-bond donors (Lipinski definition) is 1. The normalized spacial score (nSPS) is 28.5. The Morgan fingerprint density at radius 3 is 2.60 bits per heavy atom. The predicted octanol–water partition coefficient (Wildman–Crippen LogP) is 4.49. The second kappa shape index (κ2) is 6.36. The number of hydrogen-bond acceptors (Lipinski definition) is 2. The second-order valence-electron chi connectivity index (χ2n) is 6.43. The van der Waals surface area contributed by atoms with Crippen LogP contribution in [-0.4, -0.2) is 19.6 Å². The van der Waals surface area contributed by atoms with Gasteiger partial charge in [0.05, 0.1) is 10.7 Å². The van der Waals surface area contributed by atoms with Gasteiger partial charge in [-0.2, -0.15) is 0 Å². The number of nitrogens with zero attached hydrogens (tertiary/aromatic N) is 1. The summed E-state index contributed by atoms with van der Waals surface area (Å²) in [5.74, 6) is 1.44. The first-order valence-electron chi connectivity index (χ1n) is 7.67. The number of benzene rings is 1. The first kappa shape index (κ1) is 15.7. The van der Waals surface area contributed by atoms with Crippen LogP contribution in [0.1, 0.15) is 45.7 Å². The number of anilines is 1. The summed E-state index contributed by atoms with van der Waals surface area (Å²) in [6.07, 6.45) is 1.31. The summed E-state index contributed by atoms with van der Waals surface area (Å²) < 4.78 is 0. The summed E-state index contributed by atoms with van der Waals surface area (Å²) >= 11 is 6.56. The van der Waals surface area contributed by atoms with Gasteiger partial charge in [-0.3, -0.25) is 0 Å². The Morgan fingerprint density at radius 1 is 1.30 bits per heavy atom. The van der Waals surface area contributed by atoms with Gasteiger partial charge in [0.25, 0.3) is 0 Å². The summed E-state index contributed by atoms with van der Waals surface area (Å²) in [6, 6.07) is 7.37. The zero-order valence-corrected chi connectivity index (χ0v) is 14.0. The molecule has 1 heterocycles. The van der Waals surface area contributed by atoms with Gasteiger partial charge in [-0.05, 0) is 56.8 Å². The van der Waals surface area contributed by atoms with Crippen LogP contribution in [0.2, 0.25) is 5.02 Å². The number of piperidine rings is 1. The van der Waals surface area contributed by atoms with Crippen molar-refractivity contribution < 1.29 is 0 Å². The third kappa shape index (κ3) is 3.12. The Kier molecular flexibility index (Phi) is 4.98. The van der Waals surface area contributed by atoms with Crippen LogP contribution in [0.15, 0.2) is 18.2 Å². The van der Waals surface area contributed by atoms with Gasteiger partial charge in [-0.25, -0.2) is 0 Å². The van der Waals surface area contributed by atoms with Gasteiger partial charge in [-0.15, -0.1) is 0 Å². The van der Waals surface area contributed by atoms with E-state index in [4.69, 9.17) is 11.6 Å². The van der Waals surface area contributed by atoms with Gasteiger partial charge in [0.1, 0.15) is 0 Å². The van der Waals surface area contributed by atoms with E-state index in [9.17, 15) is 0 Å². The lowest BCUT2D eigenvalue weighted by molar-refractivity contribution is 0.297.